The number of hydrogen-bond acceptors (Lipinski definition) is 5. The summed E-state index contributed by atoms with van der Waals surface area (Å²) >= 11 is 0. The fraction of sp³-hybridized carbons (Fsp3) is 0.367. The predicted molar refractivity (Wildman–Crippen MR) is 144 cm³/mol. The lowest BCUT2D eigenvalue weighted by Gasteiger charge is -2.07. The van der Waals surface area contributed by atoms with Crippen molar-refractivity contribution in [1.82, 2.24) is 25.3 Å². The van der Waals surface area contributed by atoms with Gasteiger partial charge in [-0.1, -0.05) is 61.4 Å². The number of benzene rings is 2. The van der Waals surface area contributed by atoms with Crippen LogP contribution in [-0.2, 0) is 16.0 Å². The van der Waals surface area contributed by atoms with Gasteiger partial charge in [0, 0.05) is 11.5 Å². The molecule has 37 heavy (non-hydrogen) atoms. The molecule has 3 N–H and O–H groups in total. The minimum atomic E-state index is -0.278. The number of aromatic nitrogens is 4. The summed E-state index contributed by atoms with van der Waals surface area (Å²) in [7, 11) is 1.42. The molecule has 4 aromatic rings. The summed E-state index contributed by atoms with van der Waals surface area (Å²) in [6, 6.07) is 17.2. The van der Waals surface area contributed by atoms with Crippen LogP contribution >= 0.6 is 0 Å². The molecule has 7 nitrogen and oxygen atoms in total. The Morgan fingerprint density at radius 3 is 2.19 bits per heavy atom. The van der Waals surface area contributed by atoms with Gasteiger partial charge in [0.25, 0.3) is 0 Å². The molecule has 1 aliphatic carbocycles. The van der Waals surface area contributed by atoms with Crippen LogP contribution in [0, 0.1) is 0 Å². The molecule has 3 heterocycles. The third-order valence-electron chi connectivity index (χ3n) is 7.76. The molecule has 190 valence electrons. The maximum Gasteiger partial charge on any atom is 0.311 e. The highest BCUT2D eigenvalue weighted by Crippen LogP contribution is 2.34. The normalized spacial score (nSPS) is 17.9. The first kappa shape index (κ1) is 23.7. The zero-order valence-corrected chi connectivity index (χ0v) is 21.2. The van der Waals surface area contributed by atoms with Gasteiger partial charge >= 0.3 is 5.97 Å². The monoisotopic (exact) mass is 495 g/mol. The second-order valence-corrected chi connectivity index (χ2v) is 10.2. The molecule has 1 saturated heterocycles. The number of methoxy groups -OCH3 is 1. The van der Waals surface area contributed by atoms with E-state index in [2.05, 4.69) is 68.8 Å². The van der Waals surface area contributed by atoms with Crippen molar-refractivity contribution < 1.29 is 9.53 Å². The topological polar surface area (TPSA) is 95.7 Å². The smallest absolute Gasteiger partial charge is 0.311 e. The van der Waals surface area contributed by atoms with Crippen LogP contribution < -0.4 is 5.32 Å². The van der Waals surface area contributed by atoms with Crippen molar-refractivity contribution in [3.63, 3.8) is 0 Å². The van der Waals surface area contributed by atoms with Crippen LogP contribution in [0.3, 0.4) is 0 Å². The Bertz CT molecular complexity index is 1360. The van der Waals surface area contributed by atoms with E-state index in [-0.39, 0.29) is 18.4 Å². The predicted octanol–water partition coefficient (Wildman–Crippen LogP) is 5.93. The number of H-pyrrole nitrogens is 2. The molecule has 1 saturated carbocycles. The highest BCUT2D eigenvalue weighted by Gasteiger charge is 2.23. The molecule has 1 atom stereocenters. The van der Waals surface area contributed by atoms with Gasteiger partial charge in [-0.25, -0.2) is 9.97 Å². The van der Waals surface area contributed by atoms with Gasteiger partial charge in [0.15, 0.2) is 0 Å². The summed E-state index contributed by atoms with van der Waals surface area (Å²) < 4.78 is 4.92. The zero-order chi connectivity index (χ0) is 25.2. The maximum atomic E-state index is 12.0. The van der Waals surface area contributed by atoms with Gasteiger partial charge < -0.3 is 20.0 Å². The summed E-state index contributed by atoms with van der Waals surface area (Å²) in [5, 5.41) is 3.48. The Morgan fingerprint density at radius 1 is 0.865 bits per heavy atom. The summed E-state index contributed by atoms with van der Waals surface area (Å²) in [4.78, 5) is 28.5. The maximum absolute atomic E-state index is 12.0. The first-order valence-electron chi connectivity index (χ1n) is 13.3. The number of nitrogens with zero attached hydrogens (tertiary/aromatic N) is 2. The van der Waals surface area contributed by atoms with Crippen LogP contribution in [0.15, 0.2) is 54.7 Å². The Balaban J connectivity index is 1.21. The Labute approximate surface area is 217 Å². The molecule has 2 aromatic heterocycles. The Morgan fingerprint density at radius 2 is 1.54 bits per heavy atom. The van der Waals surface area contributed by atoms with E-state index in [0.29, 0.717) is 5.92 Å². The second-order valence-electron chi connectivity index (χ2n) is 10.2. The van der Waals surface area contributed by atoms with Crippen LogP contribution in [-0.4, -0.2) is 39.6 Å². The summed E-state index contributed by atoms with van der Waals surface area (Å²) in [6.07, 6.45) is 9.39. The number of carbonyl (C=O) groups excluding carboxylic acids is 1. The van der Waals surface area contributed by atoms with Crippen LogP contribution in [0.5, 0.6) is 0 Å². The van der Waals surface area contributed by atoms with Gasteiger partial charge in [0.2, 0.25) is 0 Å². The van der Waals surface area contributed by atoms with Crippen molar-refractivity contribution in [1.29, 1.82) is 0 Å². The average molecular weight is 496 g/mol. The average Bonchev–Trinajstić information content (AvgIpc) is 3.75. The van der Waals surface area contributed by atoms with E-state index in [0.717, 1.165) is 70.4 Å². The minimum absolute atomic E-state index is 0.171. The fourth-order valence-electron chi connectivity index (χ4n) is 5.65. The highest BCUT2D eigenvalue weighted by molar-refractivity contribution is 5.77. The van der Waals surface area contributed by atoms with Crippen LogP contribution in [0.4, 0.5) is 0 Å². The molecule has 0 radical (unpaired) electrons. The second kappa shape index (κ2) is 10.3. The molecule has 0 bridgehead atoms. The largest absolute Gasteiger partial charge is 0.469 e. The Kier molecular flexibility index (Phi) is 6.62. The highest BCUT2D eigenvalue weighted by atomic mass is 16.5. The van der Waals surface area contributed by atoms with Crippen molar-refractivity contribution in [3.8, 4) is 33.6 Å². The molecule has 0 spiro atoms. The van der Waals surface area contributed by atoms with E-state index in [4.69, 9.17) is 9.72 Å². The van der Waals surface area contributed by atoms with Crippen LogP contribution in [0.1, 0.15) is 67.8 Å². The fourth-order valence-corrected chi connectivity index (χ4v) is 5.65. The standard InChI is InChI=1S/C30H33N5O2/c1-37-27(36)17-25-28(35-30(33-25)24-7-4-16-31-24)22-14-10-20(11-15-22)19-8-12-21(13-9-19)26-18-32-29(34-26)23-5-2-3-6-23/h8-15,18,23-24,31H,2-7,16-17H2,1H3,(H,32,34)(H,33,35)/t24-/m0/s1. The lowest BCUT2D eigenvalue weighted by atomic mass is 10.0. The number of imidazole rings is 2. The molecule has 2 aromatic carbocycles. The minimum Gasteiger partial charge on any atom is -0.469 e. The first-order chi connectivity index (χ1) is 18.2. The molecular weight excluding hydrogens is 462 g/mol. The SMILES string of the molecule is COC(=O)Cc1[nH]c([C@@H]2CCCN2)nc1-c1ccc(-c2ccc(-c3cnc(C4CCCC4)[nH]3)cc2)cc1. The lowest BCUT2D eigenvalue weighted by Crippen LogP contribution is -2.14. The molecule has 0 unspecified atom stereocenters. The Hall–Kier alpha value is -3.71. The van der Waals surface area contributed by atoms with Gasteiger partial charge in [-0.05, 0) is 48.9 Å². The molecule has 2 fully saturated rings. The van der Waals surface area contributed by atoms with E-state index >= 15 is 0 Å². The number of rotatable bonds is 7. The van der Waals surface area contributed by atoms with Crippen molar-refractivity contribution in [3.05, 3.63) is 72.1 Å². The van der Waals surface area contributed by atoms with Crippen LogP contribution in [0.25, 0.3) is 33.6 Å². The molecule has 7 heteroatoms. The lowest BCUT2D eigenvalue weighted by molar-refractivity contribution is -0.139. The van der Waals surface area contributed by atoms with Gasteiger partial charge in [-0.15, -0.1) is 0 Å². The van der Waals surface area contributed by atoms with Crippen molar-refractivity contribution >= 4 is 5.97 Å². The first-order valence-corrected chi connectivity index (χ1v) is 13.3. The number of esters is 1. The quantitative estimate of drug-likeness (QED) is 0.276. The van der Waals surface area contributed by atoms with Gasteiger partial charge in [-0.2, -0.15) is 0 Å². The molecule has 6 rings (SSSR count). The van der Waals surface area contributed by atoms with Crippen molar-refractivity contribution in [2.75, 3.05) is 13.7 Å². The van der Waals surface area contributed by atoms with Crippen molar-refractivity contribution in [2.45, 2.75) is 56.9 Å². The van der Waals surface area contributed by atoms with E-state index < -0.39 is 0 Å². The molecular formula is C30H33N5O2. The summed E-state index contributed by atoms with van der Waals surface area (Å²) in [5.74, 6) is 2.32. The number of hydrogen-bond donors (Lipinski definition) is 3. The number of nitrogens with one attached hydrogen (secondary N) is 3. The van der Waals surface area contributed by atoms with Crippen molar-refractivity contribution in [2.24, 2.45) is 0 Å². The van der Waals surface area contributed by atoms with Gasteiger partial charge in [0.05, 0.1) is 42.9 Å². The molecule has 2 aliphatic rings. The number of ether oxygens (including phenoxy) is 1. The van der Waals surface area contributed by atoms with Gasteiger partial charge in [0.1, 0.15) is 11.6 Å². The summed E-state index contributed by atoms with van der Waals surface area (Å²) in [5.41, 5.74) is 7.10. The van der Waals surface area contributed by atoms with E-state index in [1.165, 1.54) is 32.8 Å². The van der Waals surface area contributed by atoms with E-state index in [1.54, 1.807) is 0 Å². The third-order valence-corrected chi connectivity index (χ3v) is 7.76. The van der Waals surface area contributed by atoms with Crippen LogP contribution in [0.2, 0.25) is 0 Å². The molecule has 1 aliphatic heterocycles. The summed E-state index contributed by atoms with van der Waals surface area (Å²) in [6.45, 7) is 0.989. The van der Waals surface area contributed by atoms with Gasteiger partial charge in [-0.3, -0.25) is 4.79 Å². The van der Waals surface area contributed by atoms with E-state index in [9.17, 15) is 4.79 Å². The number of aromatic amines is 2. The molecule has 0 amide bonds. The zero-order valence-electron chi connectivity index (χ0n) is 21.2. The van der Waals surface area contributed by atoms with E-state index in [1.807, 2.05) is 6.20 Å². The number of carbonyl (C=O) groups is 1. The third kappa shape index (κ3) is 4.96.